The van der Waals surface area contributed by atoms with Crippen molar-refractivity contribution in [1.82, 2.24) is 10.2 Å². The maximum Gasteiger partial charge on any atom is 0.0962 e. The van der Waals surface area contributed by atoms with Crippen molar-refractivity contribution >= 4 is 0 Å². The number of methoxy groups -OCH3 is 1. The van der Waals surface area contributed by atoms with Gasteiger partial charge in [-0.05, 0) is 32.4 Å². The van der Waals surface area contributed by atoms with Gasteiger partial charge in [0.1, 0.15) is 0 Å². The molecule has 0 aromatic rings. The maximum absolute atomic E-state index is 8.84. The third kappa shape index (κ3) is 3.75. The SMILES string of the molecule is CNC(C#N)CCN1CCC(C)C(OC)C1. The highest BCUT2D eigenvalue weighted by molar-refractivity contribution is 4.89. The molecule has 0 spiro atoms. The molecular weight excluding hydrogens is 202 g/mol. The molecule has 0 radical (unpaired) electrons. The number of ether oxygens (including phenoxy) is 1. The molecule has 0 amide bonds. The summed E-state index contributed by atoms with van der Waals surface area (Å²) in [7, 11) is 3.63. The van der Waals surface area contributed by atoms with Crippen molar-refractivity contribution in [3.63, 3.8) is 0 Å². The second-order valence-electron chi connectivity index (χ2n) is 4.60. The van der Waals surface area contributed by atoms with E-state index in [0.717, 1.165) is 26.1 Å². The molecule has 0 aromatic heterocycles. The van der Waals surface area contributed by atoms with Crippen LogP contribution in [0.4, 0.5) is 0 Å². The first-order valence-corrected chi connectivity index (χ1v) is 6.03. The molecule has 0 saturated carbocycles. The van der Waals surface area contributed by atoms with Crippen molar-refractivity contribution in [3.05, 3.63) is 0 Å². The summed E-state index contributed by atoms with van der Waals surface area (Å²) >= 11 is 0. The van der Waals surface area contributed by atoms with E-state index in [4.69, 9.17) is 10.00 Å². The van der Waals surface area contributed by atoms with Crippen LogP contribution in [0.15, 0.2) is 0 Å². The van der Waals surface area contributed by atoms with Crippen LogP contribution in [0.3, 0.4) is 0 Å². The molecule has 16 heavy (non-hydrogen) atoms. The zero-order valence-electron chi connectivity index (χ0n) is 10.6. The highest BCUT2D eigenvalue weighted by Gasteiger charge is 2.25. The normalized spacial score (nSPS) is 28.6. The summed E-state index contributed by atoms with van der Waals surface area (Å²) in [6.07, 6.45) is 2.43. The van der Waals surface area contributed by atoms with E-state index in [1.54, 1.807) is 7.11 Å². The number of likely N-dealkylation sites (tertiary alicyclic amines) is 1. The lowest BCUT2D eigenvalue weighted by Gasteiger charge is -2.36. The zero-order valence-corrected chi connectivity index (χ0v) is 10.6. The highest BCUT2D eigenvalue weighted by Crippen LogP contribution is 2.19. The van der Waals surface area contributed by atoms with E-state index in [1.165, 1.54) is 6.42 Å². The largest absolute Gasteiger partial charge is 0.380 e. The second-order valence-corrected chi connectivity index (χ2v) is 4.60. The van der Waals surface area contributed by atoms with Gasteiger partial charge in [0.05, 0.1) is 18.2 Å². The number of hydrogen-bond donors (Lipinski definition) is 1. The summed E-state index contributed by atoms with van der Waals surface area (Å²) < 4.78 is 5.47. The lowest BCUT2D eigenvalue weighted by molar-refractivity contribution is -0.00540. The molecule has 1 aliphatic heterocycles. The highest BCUT2D eigenvalue weighted by atomic mass is 16.5. The minimum Gasteiger partial charge on any atom is -0.380 e. The Morgan fingerprint density at radius 3 is 2.94 bits per heavy atom. The van der Waals surface area contributed by atoms with Crippen molar-refractivity contribution in [1.29, 1.82) is 5.26 Å². The molecule has 3 unspecified atom stereocenters. The molecule has 4 nitrogen and oxygen atoms in total. The second kappa shape index (κ2) is 6.85. The van der Waals surface area contributed by atoms with Crippen molar-refractivity contribution < 1.29 is 4.74 Å². The van der Waals surface area contributed by atoms with Gasteiger partial charge in [-0.1, -0.05) is 6.92 Å². The number of hydrogen-bond acceptors (Lipinski definition) is 4. The number of rotatable bonds is 5. The molecule has 92 valence electrons. The smallest absolute Gasteiger partial charge is 0.0962 e. The molecule has 0 bridgehead atoms. The Hall–Kier alpha value is -0.630. The quantitative estimate of drug-likeness (QED) is 0.753. The van der Waals surface area contributed by atoms with Gasteiger partial charge in [0.25, 0.3) is 0 Å². The van der Waals surface area contributed by atoms with Crippen LogP contribution >= 0.6 is 0 Å². The summed E-state index contributed by atoms with van der Waals surface area (Å²) in [6, 6.07) is 2.23. The Kier molecular flexibility index (Phi) is 5.75. The van der Waals surface area contributed by atoms with Crippen LogP contribution in [0, 0.1) is 17.2 Å². The Morgan fingerprint density at radius 2 is 2.38 bits per heavy atom. The van der Waals surface area contributed by atoms with Crippen LogP contribution in [-0.4, -0.2) is 50.8 Å². The summed E-state index contributed by atoms with van der Waals surface area (Å²) in [5, 5.41) is 11.8. The number of piperidine rings is 1. The summed E-state index contributed by atoms with van der Waals surface area (Å²) in [6.45, 7) is 5.35. The van der Waals surface area contributed by atoms with E-state index < -0.39 is 0 Å². The molecular formula is C12H23N3O. The molecule has 4 heteroatoms. The average Bonchev–Trinajstić information content (AvgIpc) is 2.32. The Bertz CT molecular complexity index is 239. The van der Waals surface area contributed by atoms with Gasteiger partial charge in [-0.15, -0.1) is 0 Å². The van der Waals surface area contributed by atoms with Gasteiger partial charge >= 0.3 is 0 Å². The van der Waals surface area contributed by atoms with Crippen molar-refractivity contribution in [2.75, 3.05) is 33.8 Å². The average molecular weight is 225 g/mol. The maximum atomic E-state index is 8.84. The van der Waals surface area contributed by atoms with Gasteiger partial charge in [-0.25, -0.2) is 0 Å². The van der Waals surface area contributed by atoms with Crippen LogP contribution in [0.25, 0.3) is 0 Å². The molecule has 0 aromatic carbocycles. The molecule has 3 atom stereocenters. The van der Waals surface area contributed by atoms with E-state index in [0.29, 0.717) is 12.0 Å². The Labute approximate surface area is 98.6 Å². The number of nitrogens with zero attached hydrogens (tertiary/aromatic N) is 2. The fourth-order valence-corrected chi connectivity index (χ4v) is 2.19. The lowest BCUT2D eigenvalue weighted by Crippen LogP contribution is -2.45. The van der Waals surface area contributed by atoms with E-state index in [2.05, 4.69) is 23.2 Å². The molecule has 1 rings (SSSR count). The summed E-state index contributed by atoms with van der Waals surface area (Å²) in [5.74, 6) is 0.650. The van der Waals surface area contributed by atoms with Gasteiger partial charge < -0.3 is 15.0 Å². The predicted molar refractivity (Wildman–Crippen MR) is 64.1 cm³/mol. The van der Waals surface area contributed by atoms with E-state index in [1.807, 2.05) is 7.05 Å². The lowest BCUT2D eigenvalue weighted by atomic mass is 9.95. The van der Waals surface area contributed by atoms with Gasteiger partial charge in [-0.2, -0.15) is 5.26 Å². The fourth-order valence-electron chi connectivity index (χ4n) is 2.19. The predicted octanol–water partition coefficient (Wildman–Crippen LogP) is 0.845. The summed E-state index contributed by atoms with van der Waals surface area (Å²) in [4.78, 5) is 2.40. The zero-order chi connectivity index (χ0) is 12.0. The standard InChI is InChI=1S/C12H23N3O/c1-10-4-6-15(9-12(10)16-3)7-5-11(8-13)14-2/h10-12,14H,4-7,9H2,1-3H3. The van der Waals surface area contributed by atoms with Crippen molar-refractivity contribution in [3.8, 4) is 6.07 Å². The molecule has 1 fully saturated rings. The van der Waals surface area contributed by atoms with Gasteiger partial charge in [0.15, 0.2) is 0 Å². The van der Waals surface area contributed by atoms with Crippen LogP contribution in [-0.2, 0) is 4.74 Å². The molecule has 1 heterocycles. The number of nitriles is 1. The molecule has 1 N–H and O–H groups in total. The van der Waals surface area contributed by atoms with Crippen LogP contribution in [0.2, 0.25) is 0 Å². The minimum atomic E-state index is -0.0275. The third-order valence-corrected chi connectivity index (χ3v) is 3.51. The van der Waals surface area contributed by atoms with Crippen LogP contribution in [0.1, 0.15) is 19.8 Å². The first-order chi connectivity index (χ1) is 7.71. The van der Waals surface area contributed by atoms with Crippen LogP contribution in [0.5, 0.6) is 0 Å². The van der Waals surface area contributed by atoms with E-state index in [9.17, 15) is 0 Å². The Balaban J connectivity index is 2.31. The Morgan fingerprint density at radius 1 is 1.62 bits per heavy atom. The molecule has 1 saturated heterocycles. The van der Waals surface area contributed by atoms with E-state index in [-0.39, 0.29) is 6.04 Å². The van der Waals surface area contributed by atoms with Crippen molar-refractivity contribution in [2.24, 2.45) is 5.92 Å². The summed E-state index contributed by atoms with van der Waals surface area (Å²) in [5.41, 5.74) is 0. The van der Waals surface area contributed by atoms with E-state index >= 15 is 0 Å². The monoisotopic (exact) mass is 225 g/mol. The molecule has 1 aliphatic rings. The fraction of sp³-hybridized carbons (Fsp3) is 0.917. The topological polar surface area (TPSA) is 48.3 Å². The minimum absolute atomic E-state index is 0.0275. The van der Waals surface area contributed by atoms with Gasteiger partial charge in [0, 0.05) is 20.2 Å². The van der Waals surface area contributed by atoms with Gasteiger partial charge in [-0.3, -0.25) is 0 Å². The third-order valence-electron chi connectivity index (χ3n) is 3.51. The first-order valence-electron chi connectivity index (χ1n) is 6.03. The number of nitrogens with one attached hydrogen (secondary N) is 1. The van der Waals surface area contributed by atoms with Crippen LogP contribution < -0.4 is 5.32 Å². The first kappa shape index (κ1) is 13.4. The van der Waals surface area contributed by atoms with Gasteiger partial charge in [0.2, 0.25) is 0 Å². The molecule has 0 aliphatic carbocycles. The van der Waals surface area contributed by atoms with Crippen molar-refractivity contribution in [2.45, 2.75) is 31.9 Å².